The van der Waals surface area contributed by atoms with Gasteiger partial charge in [-0.2, -0.15) is 5.21 Å². The highest BCUT2D eigenvalue weighted by Crippen LogP contribution is 2.39. The van der Waals surface area contributed by atoms with Crippen LogP contribution in [0.15, 0.2) is 18.2 Å². The molecule has 0 amide bonds. The molecular weight excluding hydrogens is 341 g/mol. The van der Waals surface area contributed by atoms with Crippen LogP contribution >= 0.6 is 0 Å². The Balaban J connectivity index is 1.50. The van der Waals surface area contributed by atoms with Crippen LogP contribution in [0.2, 0.25) is 0 Å². The van der Waals surface area contributed by atoms with Gasteiger partial charge in [-0.05, 0) is 61.4 Å². The van der Waals surface area contributed by atoms with Crippen molar-refractivity contribution in [2.24, 2.45) is 11.8 Å². The van der Waals surface area contributed by atoms with Crippen LogP contribution in [0.3, 0.4) is 0 Å². The fraction of sp³-hybridized carbons (Fsp3) is 0.529. The maximum atomic E-state index is 14.3. The number of carbonyl (C=O) groups is 1. The number of aromatic nitrogens is 4. The molecular formula is C17H20FN5O3. The summed E-state index contributed by atoms with van der Waals surface area (Å²) in [4.78, 5) is 11.3. The number of hydrogen-bond acceptors (Lipinski definition) is 6. The van der Waals surface area contributed by atoms with Crippen molar-refractivity contribution in [3.8, 4) is 17.1 Å². The fourth-order valence-electron chi connectivity index (χ4n) is 4.08. The average molecular weight is 361 g/mol. The smallest absolute Gasteiger partial charge is 0.320 e. The second kappa shape index (κ2) is 6.99. The number of ether oxygens (including phenoxy) is 1. The Labute approximate surface area is 149 Å². The highest BCUT2D eigenvalue weighted by molar-refractivity contribution is 5.73. The van der Waals surface area contributed by atoms with Gasteiger partial charge in [-0.3, -0.25) is 4.79 Å². The van der Waals surface area contributed by atoms with E-state index < -0.39 is 17.8 Å². The first kappa shape index (κ1) is 16.9. The molecule has 1 aliphatic heterocycles. The van der Waals surface area contributed by atoms with Gasteiger partial charge in [0.25, 0.3) is 0 Å². The lowest BCUT2D eigenvalue weighted by Gasteiger charge is -2.41. The van der Waals surface area contributed by atoms with E-state index in [0.29, 0.717) is 24.0 Å². The first-order valence-electron chi connectivity index (χ1n) is 8.77. The molecule has 1 aromatic heterocycles. The number of aromatic amines is 1. The molecule has 0 spiro atoms. The van der Waals surface area contributed by atoms with Crippen LogP contribution in [0, 0.1) is 17.7 Å². The average Bonchev–Trinajstić information content (AvgIpc) is 3.15. The lowest BCUT2D eigenvalue weighted by Crippen LogP contribution is -2.50. The van der Waals surface area contributed by atoms with Crippen LogP contribution < -0.4 is 10.1 Å². The summed E-state index contributed by atoms with van der Waals surface area (Å²) in [6.45, 7) is 0.725. The molecule has 2 fully saturated rings. The lowest BCUT2D eigenvalue weighted by molar-refractivity contribution is -0.141. The Morgan fingerprint density at radius 3 is 2.92 bits per heavy atom. The zero-order valence-electron chi connectivity index (χ0n) is 14.1. The van der Waals surface area contributed by atoms with Gasteiger partial charge in [0.05, 0.1) is 6.10 Å². The van der Waals surface area contributed by atoms with Gasteiger partial charge in [0.2, 0.25) is 5.82 Å². The number of piperidine rings is 1. The topological polar surface area (TPSA) is 113 Å². The zero-order valence-corrected chi connectivity index (χ0v) is 14.1. The van der Waals surface area contributed by atoms with Gasteiger partial charge in [0.1, 0.15) is 23.2 Å². The van der Waals surface area contributed by atoms with Crippen molar-refractivity contribution in [1.82, 2.24) is 25.9 Å². The number of halogens is 1. The summed E-state index contributed by atoms with van der Waals surface area (Å²) in [7, 11) is 0. The SMILES string of the molecule is O=C(O)[C@@H]1CC2C[C@@H](Oc3cccc(F)c3-c3nn[nH]n3)CC[C@H]2CN1. The Kier molecular flexibility index (Phi) is 4.54. The Bertz CT molecular complexity index is 785. The third kappa shape index (κ3) is 3.26. The van der Waals surface area contributed by atoms with E-state index in [1.807, 2.05) is 0 Å². The maximum absolute atomic E-state index is 14.3. The molecule has 4 rings (SSSR count). The van der Waals surface area contributed by atoms with Gasteiger partial charge < -0.3 is 15.2 Å². The number of tetrazole rings is 1. The molecule has 0 bridgehead atoms. The molecule has 1 unspecified atom stereocenters. The maximum Gasteiger partial charge on any atom is 0.320 e. The molecule has 1 aromatic carbocycles. The molecule has 2 aromatic rings. The van der Waals surface area contributed by atoms with Gasteiger partial charge in [-0.25, -0.2) is 4.39 Å². The number of rotatable bonds is 4. The van der Waals surface area contributed by atoms with E-state index in [1.54, 1.807) is 12.1 Å². The minimum absolute atomic E-state index is 0.0868. The van der Waals surface area contributed by atoms with Crippen molar-refractivity contribution >= 4 is 5.97 Å². The number of carboxylic acid groups (broad SMARTS) is 1. The standard InChI is InChI=1S/C17H20FN5O3/c18-12-2-1-3-14(15(12)16-20-22-23-21-16)26-11-5-4-9-8-19-13(17(24)25)7-10(9)6-11/h1-3,9-11,13,19H,4-8H2,(H,24,25)(H,20,21,22,23)/t9-,10?,11-,13-/m0/s1. The van der Waals surface area contributed by atoms with Gasteiger partial charge in [0, 0.05) is 0 Å². The number of benzene rings is 1. The van der Waals surface area contributed by atoms with Crippen LogP contribution in [0.5, 0.6) is 5.75 Å². The van der Waals surface area contributed by atoms with Crippen LogP contribution in [0.1, 0.15) is 25.7 Å². The Morgan fingerprint density at radius 2 is 2.15 bits per heavy atom. The minimum Gasteiger partial charge on any atom is -0.490 e. The molecule has 4 atom stereocenters. The first-order chi connectivity index (χ1) is 12.6. The predicted molar refractivity (Wildman–Crippen MR) is 88.9 cm³/mol. The van der Waals surface area contributed by atoms with Crippen molar-refractivity contribution in [1.29, 1.82) is 0 Å². The molecule has 1 aliphatic carbocycles. The number of nitrogens with zero attached hydrogens (tertiary/aromatic N) is 3. The zero-order chi connectivity index (χ0) is 18.1. The van der Waals surface area contributed by atoms with Crippen molar-refractivity contribution in [3.05, 3.63) is 24.0 Å². The third-order valence-corrected chi connectivity index (χ3v) is 5.39. The number of H-pyrrole nitrogens is 1. The van der Waals surface area contributed by atoms with E-state index in [0.717, 1.165) is 25.8 Å². The van der Waals surface area contributed by atoms with Crippen LogP contribution in [-0.2, 0) is 4.79 Å². The lowest BCUT2D eigenvalue weighted by atomic mass is 9.72. The largest absolute Gasteiger partial charge is 0.490 e. The Hall–Kier alpha value is -2.55. The van der Waals surface area contributed by atoms with Gasteiger partial charge in [-0.15, -0.1) is 10.2 Å². The first-order valence-corrected chi connectivity index (χ1v) is 8.77. The van der Waals surface area contributed by atoms with Gasteiger partial charge >= 0.3 is 5.97 Å². The molecule has 138 valence electrons. The number of carboxylic acids is 1. The van der Waals surface area contributed by atoms with E-state index >= 15 is 0 Å². The van der Waals surface area contributed by atoms with E-state index in [4.69, 9.17) is 4.74 Å². The molecule has 2 heterocycles. The minimum atomic E-state index is -0.809. The van der Waals surface area contributed by atoms with Crippen molar-refractivity contribution in [2.75, 3.05) is 6.54 Å². The summed E-state index contributed by atoms with van der Waals surface area (Å²) >= 11 is 0. The summed E-state index contributed by atoms with van der Waals surface area (Å²) in [5.74, 6) is 0.0208. The number of fused-ring (bicyclic) bond motifs is 1. The molecule has 1 saturated carbocycles. The number of aliphatic carboxylic acids is 1. The quantitative estimate of drug-likeness (QED) is 0.758. The van der Waals surface area contributed by atoms with Crippen LogP contribution in [0.4, 0.5) is 4.39 Å². The molecule has 8 nitrogen and oxygen atoms in total. The second-order valence-electron chi connectivity index (χ2n) is 6.96. The van der Waals surface area contributed by atoms with E-state index in [1.165, 1.54) is 6.07 Å². The summed E-state index contributed by atoms with van der Waals surface area (Å²) in [6, 6.07) is 4.12. The fourth-order valence-corrected chi connectivity index (χ4v) is 4.08. The monoisotopic (exact) mass is 361 g/mol. The van der Waals surface area contributed by atoms with Crippen molar-refractivity contribution in [3.63, 3.8) is 0 Å². The summed E-state index contributed by atoms with van der Waals surface area (Å²) < 4.78 is 20.4. The summed E-state index contributed by atoms with van der Waals surface area (Å²) in [6.07, 6.45) is 3.08. The van der Waals surface area contributed by atoms with E-state index in [2.05, 4.69) is 25.9 Å². The molecule has 1 saturated heterocycles. The molecule has 26 heavy (non-hydrogen) atoms. The van der Waals surface area contributed by atoms with Crippen LogP contribution in [0.25, 0.3) is 11.4 Å². The van der Waals surface area contributed by atoms with Crippen molar-refractivity contribution in [2.45, 2.75) is 37.8 Å². The highest BCUT2D eigenvalue weighted by Gasteiger charge is 2.38. The third-order valence-electron chi connectivity index (χ3n) is 5.39. The molecule has 0 radical (unpaired) electrons. The number of hydrogen-bond donors (Lipinski definition) is 3. The van der Waals surface area contributed by atoms with Gasteiger partial charge in [-0.1, -0.05) is 6.07 Å². The van der Waals surface area contributed by atoms with Crippen LogP contribution in [-0.4, -0.2) is 50.4 Å². The molecule has 9 heteroatoms. The summed E-state index contributed by atoms with van der Waals surface area (Å²) in [5, 5.41) is 25.9. The number of nitrogens with one attached hydrogen (secondary N) is 2. The van der Waals surface area contributed by atoms with E-state index in [-0.39, 0.29) is 17.5 Å². The predicted octanol–water partition coefficient (Wildman–Crippen LogP) is 1.62. The highest BCUT2D eigenvalue weighted by atomic mass is 19.1. The van der Waals surface area contributed by atoms with Crippen molar-refractivity contribution < 1.29 is 19.0 Å². The van der Waals surface area contributed by atoms with E-state index in [9.17, 15) is 14.3 Å². The Morgan fingerprint density at radius 1 is 1.27 bits per heavy atom. The second-order valence-corrected chi connectivity index (χ2v) is 6.96. The summed E-state index contributed by atoms with van der Waals surface area (Å²) in [5.41, 5.74) is 0.192. The molecule has 3 N–H and O–H groups in total. The van der Waals surface area contributed by atoms with Gasteiger partial charge in [0.15, 0.2) is 0 Å². The normalized spacial score (nSPS) is 28.3. The molecule has 2 aliphatic rings.